The van der Waals surface area contributed by atoms with Crippen molar-refractivity contribution in [3.63, 3.8) is 0 Å². The minimum Gasteiger partial charge on any atom is -0.478 e. The number of carbonyl (C=O) groups is 2. The summed E-state index contributed by atoms with van der Waals surface area (Å²) in [6.07, 6.45) is 1.84. The van der Waals surface area contributed by atoms with Crippen LogP contribution >= 0.6 is 0 Å². The Hall–Kier alpha value is -2.39. The van der Waals surface area contributed by atoms with Gasteiger partial charge >= 0.3 is 6.09 Å². The Bertz CT molecular complexity index is 704. The van der Waals surface area contributed by atoms with Gasteiger partial charge in [-0.1, -0.05) is 0 Å². The average Bonchev–Trinajstić information content (AvgIpc) is 3.55. The van der Waals surface area contributed by atoms with Gasteiger partial charge in [-0.15, -0.1) is 0 Å². The summed E-state index contributed by atoms with van der Waals surface area (Å²) in [7, 11) is 0. The van der Waals surface area contributed by atoms with Gasteiger partial charge in [0.2, 0.25) is 5.88 Å². The van der Waals surface area contributed by atoms with Gasteiger partial charge in [-0.2, -0.15) is 0 Å². The third-order valence-electron chi connectivity index (χ3n) is 4.92. The molecule has 0 spiro atoms. The summed E-state index contributed by atoms with van der Waals surface area (Å²) in [5, 5.41) is 14.3. The summed E-state index contributed by atoms with van der Waals surface area (Å²) in [6.45, 7) is 5.13. The summed E-state index contributed by atoms with van der Waals surface area (Å²) in [4.78, 5) is 30.0. The highest BCUT2D eigenvalue weighted by atomic mass is 16.5. The zero-order chi connectivity index (χ0) is 20.6. The van der Waals surface area contributed by atoms with E-state index < -0.39 is 12.2 Å². The molecular formula is C20H30N4O5. The van der Waals surface area contributed by atoms with Gasteiger partial charge in [0.15, 0.2) is 0 Å². The van der Waals surface area contributed by atoms with Crippen LogP contribution in [0, 0.1) is 0 Å². The van der Waals surface area contributed by atoms with Gasteiger partial charge in [0.25, 0.3) is 5.91 Å². The number of hydrogen-bond donors (Lipinski definition) is 3. The molecule has 1 aliphatic carbocycles. The fourth-order valence-corrected chi connectivity index (χ4v) is 3.41. The topological polar surface area (TPSA) is 113 Å². The third-order valence-corrected chi connectivity index (χ3v) is 4.92. The third kappa shape index (κ3) is 6.57. The van der Waals surface area contributed by atoms with E-state index in [1.165, 1.54) is 0 Å². The molecule has 9 nitrogen and oxygen atoms in total. The standard InChI is InChI=1S/C20H30N4O5/c1-2-28-18-11-14(10-15(23-18)4-3-7-22-20(26)27)13-24(16-5-6-16)19(25)17-12-21-8-9-29-17/h10-11,16-17,21-22H,2-9,12-13H2,1H3,(H,26,27). The molecule has 1 aromatic rings. The van der Waals surface area contributed by atoms with Crippen LogP contribution in [0.25, 0.3) is 0 Å². The average molecular weight is 406 g/mol. The van der Waals surface area contributed by atoms with Crippen molar-refractivity contribution in [3.8, 4) is 5.88 Å². The number of carbonyl (C=O) groups excluding carboxylic acids is 1. The van der Waals surface area contributed by atoms with E-state index >= 15 is 0 Å². The Balaban J connectivity index is 1.69. The number of nitrogens with zero attached hydrogens (tertiary/aromatic N) is 2. The van der Waals surface area contributed by atoms with Gasteiger partial charge in [-0.25, -0.2) is 9.78 Å². The Morgan fingerprint density at radius 1 is 1.41 bits per heavy atom. The number of hydrogen-bond acceptors (Lipinski definition) is 6. The quantitative estimate of drug-likeness (QED) is 0.500. The second kappa shape index (κ2) is 10.4. The number of aromatic nitrogens is 1. The molecule has 1 saturated heterocycles. The van der Waals surface area contributed by atoms with Crippen LogP contribution in [0.4, 0.5) is 4.79 Å². The van der Waals surface area contributed by atoms with E-state index in [1.807, 2.05) is 24.0 Å². The molecular weight excluding hydrogens is 376 g/mol. The number of nitrogens with one attached hydrogen (secondary N) is 2. The zero-order valence-electron chi connectivity index (χ0n) is 16.9. The van der Waals surface area contributed by atoms with Crippen LogP contribution in [-0.4, -0.2) is 72.0 Å². The fraction of sp³-hybridized carbons (Fsp3) is 0.650. The van der Waals surface area contributed by atoms with Gasteiger partial charge in [0.05, 0.1) is 13.2 Å². The van der Waals surface area contributed by atoms with Crippen molar-refractivity contribution < 1.29 is 24.2 Å². The normalized spacial score (nSPS) is 18.9. The monoisotopic (exact) mass is 406 g/mol. The van der Waals surface area contributed by atoms with Gasteiger partial charge < -0.3 is 30.1 Å². The van der Waals surface area contributed by atoms with Crippen LogP contribution in [0.5, 0.6) is 5.88 Å². The molecule has 3 rings (SSSR count). The van der Waals surface area contributed by atoms with Gasteiger partial charge in [0, 0.05) is 44.0 Å². The first-order valence-corrected chi connectivity index (χ1v) is 10.3. The molecule has 1 aliphatic heterocycles. The predicted octanol–water partition coefficient (Wildman–Crippen LogP) is 1.16. The number of rotatable bonds is 10. The van der Waals surface area contributed by atoms with Crippen LogP contribution in [0.2, 0.25) is 0 Å². The molecule has 2 aliphatic rings. The molecule has 1 saturated carbocycles. The number of ether oxygens (including phenoxy) is 2. The molecule has 9 heteroatoms. The maximum atomic E-state index is 13.0. The van der Waals surface area contributed by atoms with Crippen molar-refractivity contribution in [2.45, 2.75) is 51.3 Å². The molecule has 160 valence electrons. The van der Waals surface area contributed by atoms with E-state index in [2.05, 4.69) is 15.6 Å². The van der Waals surface area contributed by atoms with Crippen molar-refractivity contribution in [1.29, 1.82) is 0 Å². The lowest BCUT2D eigenvalue weighted by Gasteiger charge is -2.30. The Morgan fingerprint density at radius 3 is 2.90 bits per heavy atom. The molecule has 1 atom stereocenters. The largest absolute Gasteiger partial charge is 0.478 e. The van der Waals surface area contributed by atoms with Crippen LogP contribution < -0.4 is 15.4 Å². The minimum absolute atomic E-state index is 0.0293. The molecule has 2 fully saturated rings. The van der Waals surface area contributed by atoms with E-state index in [1.54, 1.807) is 0 Å². The van der Waals surface area contributed by atoms with Gasteiger partial charge in [-0.05, 0) is 44.2 Å². The Labute approximate surface area is 170 Å². The first kappa shape index (κ1) is 21.3. The van der Waals surface area contributed by atoms with E-state index in [0.29, 0.717) is 51.6 Å². The lowest BCUT2D eigenvalue weighted by Crippen LogP contribution is -2.49. The van der Waals surface area contributed by atoms with Crippen LogP contribution in [0.1, 0.15) is 37.4 Å². The molecule has 2 amide bonds. The maximum absolute atomic E-state index is 13.0. The van der Waals surface area contributed by atoms with Gasteiger partial charge in [-0.3, -0.25) is 4.79 Å². The molecule has 1 unspecified atom stereocenters. The maximum Gasteiger partial charge on any atom is 0.404 e. The lowest BCUT2D eigenvalue weighted by atomic mass is 10.1. The number of morpholine rings is 1. The second-order valence-corrected chi connectivity index (χ2v) is 7.33. The van der Waals surface area contributed by atoms with Crippen LogP contribution in [0.15, 0.2) is 12.1 Å². The number of aryl methyl sites for hydroxylation is 1. The van der Waals surface area contributed by atoms with E-state index in [9.17, 15) is 9.59 Å². The zero-order valence-corrected chi connectivity index (χ0v) is 16.9. The molecule has 0 bridgehead atoms. The SMILES string of the molecule is CCOc1cc(CN(C(=O)C2CNCCO2)C2CC2)cc(CCCNC(=O)O)n1. The highest BCUT2D eigenvalue weighted by Gasteiger charge is 2.36. The van der Waals surface area contributed by atoms with E-state index in [-0.39, 0.29) is 11.9 Å². The Morgan fingerprint density at radius 2 is 2.24 bits per heavy atom. The summed E-state index contributed by atoms with van der Waals surface area (Å²) < 4.78 is 11.3. The first-order valence-electron chi connectivity index (χ1n) is 10.3. The molecule has 1 aromatic heterocycles. The van der Waals surface area contributed by atoms with Crippen LogP contribution in [0.3, 0.4) is 0 Å². The van der Waals surface area contributed by atoms with E-state index in [4.69, 9.17) is 14.6 Å². The molecule has 0 radical (unpaired) electrons. The lowest BCUT2D eigenvalue weighted by molar-refractivity contribution is -0.146. The van der Waals surface area contributed by atoms with Gasteiger partial charge in [0.1, 0.15) is 6.10 Å². The fourth-order valence-electron chi connectivity index (χ4n) is 3.41. The second-order valence-electron chi connectivity index (χ2n) is 7.33. The van der Waals surface area contributed by atoms with Crippen molar-refractivity contribution in [2.75, 3.05) is 32.8 Å². The minimum atomic E-state index is -1.03. The number of amides is 2. The summed E-state index contributed by atoms with van der Waals surface area (Å²) >= 11 is 0. The smallest absolute Gasteiger partial charge is 0.404 e. The van der Waals surface area contributed by atoms with Crippen molar-refractivity contribution >= 4 is 12.0 Å². The summed E-state index contributed by atoms with van der Waals surface area (Å²) in [6, 6.07) is 4.12. The highest BCUT2D eigenvalue weighted by Crippen LogP contribution is 2.30. The van der Waals surface area contributed by atoms with Crippen molar-refractivity contribution in [3.05, 3.63) is 23.4 Å². The molecule has 3 N–H and O–H groups in total. The van der Waals surface area contributed by atoms with Crippen molar-refractivity contribution in [1.82, 2.24) is 20.5 Å². The van der Waals surface area contributed by atoms with Crippen LogP contribution in [-0.2, 0) is 22.5 Å². The predicted molar refractivity (Wildman–Crippen MR) is 106 cm³/mol. The number of carboxylic acid groups (broad SMARTS) is 1. The first-order chi connectivity index (χ1) is 14.1. The molecule has 2 heterocycles. The summed E-state index contributed by atoms with van der Waals surface area (Å²) in [5.41, 5.74) is 1.80. The summed E-state index contributed by atoms with van der Waals surface area (Å²) in [5.74, 6) is 0.562. The molecule has 29 heavy (non-hydrogen) atoms. The highest BCUT2D eigenvalue weighted by molar-refractivity contribution is 5.82. The number of pyridine rings is 1. The Kier molecular flexibility index (Phi) is 7.65. The molecule has 0 aromatic carbocycles. The van der Waals surface area contributed by atoms with E-state index in [0.717, 1.165) is 30.6 Å². The van der Waals surface area contributed by atoms with Crippen molar-refractivity contribution in [2.24, 2.45) is 0 Å².